The first-order valence-corrected chi connectivity index (χ1v) is 10.8. The van der Waals surface area contributed by atoms with E-state index >= 15 is 0 Å². The second kappa shape index (κ2) is 10.4. The summed E-state index contributed by atoms with van der Waals surface area (Å²) in [5.74, 6) is 1.71. The number of rotatable bonds is 7. The molecule has 1 aliphatic carbocycles. The number of carbonyl (C=O) groups is 1. The monoisotopic (exact) mass is 407 g/mol. The fourth-order valence-electron chi connectivity index (χ4n) is 4.41. The minimum atomic E-state index is -0.262. The zero-order valence-electron chi connectivity index (χ0n) is 18.6. The standard InChI is InChI=1S/C26H33NO3/c1-5-30-26(28)22-10-6-8-19(15-22)14-20-12-13-23(18-27(2)3)25(16-20)21-9-7-11-24(17-21)29-4/h6-11,14-15,17,23,25H,5,12-13,16,18H2,1-4H3/t23-,25+/m1/s1. The van der Waals surface area contributed by atoms with Crippen molar-refractivity contribution in [3.63, 3.8) is 0 Å². The highest BCUT2D eigenvalue weighted by molar-refractivity contribution is 5.90. The molecule has 2 atom stereocenters. The Morgan fingerprint density at radius 1 is 1.17 bits per heavy atom. The zero-order chi connectivity index (χ0) is 21.5. The van der Waals surface area contributed by atoms with Crippen LogP contribution in [0.5, 0.6) is 5.75 Å². The van der Waals surface area contributed by atoms with Gasteiger partial charge in [0.05, 0.1) is 19.3 Å². The van der Waals surface area contributed by atoms with E-state index in [4.69, 9.17) is 9.47 Å². The summed E-state index contributed by atoms with van der Waals surface area (Å²) in [6.07, 6.45) is 5.52. The maximum atomic E-state index is 12.1. The first-order chi connectivity index (χ1) is 14.5. The Labute approximate surface area is 180 Å². The Balaban J connectivity index is 1.85. The van der Waals surface area contributed by atoms with E-state index in [0.717, 1.165) is 37.1 Å². The normalized spacial score (nSPS) is 20.4. The quantitative estimate of drug-likeness (QED) is 0.576. The van der Waals surface area contributed by atoms with Gasteiger partial charge in [-0.15, -0.1) is 0 Å². The number of hydrogen-bond acceptors (Lipinski definition) is 4. The number of nitrogens with zero attached hydrogens (tertiary/aromatic N) is 1. The molecule has 0 radical (unpaired) electrons. The lowest BCUT2D eigenvalue weighted by molar-refractivity contribution is 0.0526. The van der Waals surface area contributed by atoms with Crippen LogP contribution in [0.15, 0.2) is 54.1 Å². The van der Waals surface area contributed by atoms with Crippen LogP contribution in [0.2, 0.25) is 0 Å². The number of benzene rings is 2. The van der Waals surface area contributed by atoms with Crippen LogP contribution in [0, 0.1) is 5.92 Å². The van der Waals surface area contributed by atoms with Crippen molar-refractivity contribution < 1.29 is 14.3 Å². The van der Waals surface area contributed by atoms with Gasteiger partial charge in [0.15, 0.2) is 0 Å². The first-order valence-electron chi connectivity index (χ1n) is 10.8. The molecule has 1 fully saturated rings. The molecule has 2 aromatic carbocycles. The highest BCUT2D eigenvalue weighted by atomic mass is 16.5. The molecule has 3 rings (SSSR count). The molecule has 30 heavy (non-hydrogen) atoms. The van der Waals surface area contributed by atoms with Crippen molar-refractivity contribution in [1.82, 2.24) is 4.90 Å². The number of hydrogen-bond donors (Lipinski definition) is 0. The van der Waals surface area contributed by atoms with Crippen molar-refractivity contribution in [2.75, 3.05) is 34.4 Å². The van der Waals surface area contributed by atoms with Crippen LogP contribution >= 0.6 is 0 Å². The van der Waals surface area contributed by atoms with E-state index in [1.807, 2.05) is 31.2 Å². The second-order valence-corrected chi connectivity index (χ2v) is 8.30. The molecule has 160 valence electrons. The van der Waals surface area contributed by atoms with Crippen LogP contribution < -0.4 is 4.74 Å². The third-order valence-electron chi connectivity index (χ3n) is 5.78. The Hall–Kier alpha value is -2.59. The lowest BCUT2D eigenvalue weighted by atomic mass is 9.73. The molecule has 1 aliphatic rings. The fraction of sp³-hybridized carbons (Fsp3) is 0.423. The van der Waals surface area contributed by atoms with Gasteiger partial charge in [-0.2, -0.15) is 0 Å². The summed E-state index contributed by atoms with van der Waals surface area (Å²) in [6, 6.07) is 16.2. The molecule has 0 aromatic heterocycles. The minimum Gasteiger partial charge on any atom is -0.497 e. The van der Waals surface area contributed by atoms with Gasteiger partial charge in [-0.25, -0.2) is 4.79 Å². The largest absolute Gasteiger partial charge is 0.497 e. The lowest BCUT2D eigenvalue weighted by Crippen LogP contribution is -2.29. The molecule has 0 aliphatic heterocycles. The van der Waals surface area contributed by atoms with Crippen molar-refractivity contribution in [2.24, 2.45) is 5.92 Å². The minimum absolute atomic E-state index is 0.262. The molecule has 0 heterocycles. The maximum Gasteiger partial charge on any atom is 0.338 e. The van der Waals surface area contributed by atoms with Crippen molar-refractivity contribution in [2.45, 2.75) is 32.1 Å². The molecule has 4 nitrogen and oxygen atoms in total. The van der Waals surface area contributed by atoms with Crippen LogP contribution in [0.3, 0.4) is 0 Å². The van der Waals surface area contributed by atoms with E-state index in [1.165, 1.54) is 11.1 Å². The molecule has 0 amide bonds. The van der Waals surface area contributed by atoms with Gasteiger partial charge in [-0.3, -0.25) is 0 Å². The summed E-state index contributed by atoms with van der Waals surface area (Å²) < 4.78 is 10.6. The average molecular weight is 408 g/mol. The summed E-state index contributed by atoms with van der Waals surface area (Å²) in [4.78, 5) is 14.4. The smallest absolute Gasteiger partial charge is 0.338 e. The number of allylic oxidation sites excluding steroid dienone is 1. The number of carbonyl (C=O) groups excluding carboxylic acids is 1. The molecule has 0 N–H and O–H groups in total. The SMILES string of the molecule is CCOC(=O)c1cccc(C=C2CC[C@H](CN(C)C)[C@H](c3cccc(OC)c3)C2)c1. The van der Waals surface area contributed by atoms with Gasteiger partial charge in [-0.1, -0.05) is 35.9 Å². The van der Waals surface area contributed by atoms with Crippen molar-refractivity contribution in [3.8, 4) is 5.75 Å². The summed E-state index contributed by atoms with van der Waals surface area (Å²) in [5, 5.41) is 0. The third-order valence-corrected chi connectivity index (χ3v) is 5.78. The highest BCUT2D eigenvalue weighted by Gasteiger charge is 2.29. The van der Waals surface area contributed by atoms with Crippen LogP contribution in [0.25, 0.3) is 6.08 Å². The summed E-state index contributed by atoms with van der Waals surface area (Å²) in [6.45, 7) is 3.29. The number of methoxy groups -OCH3 is 1. The van der Waals surface area contributed by atoms with Gasteiger partial charge in [0.1, 0.15) is 5.75 Å². The molecular formula is C26H33NO3. The van der Waals surface area contributed by atoms with Crippen LogP contribution in [0.4, 0.5) is 0 Å². The molecule has 4 heteroatoms. The van der Waals surface area contributed by atoms with Gasteiger partial charge < -0.3 is 14.4 Å². The molecular weight excluding hydrogens is 374 g/mol. The van der Waals surface area contributed by atoms with Gasteiger partial charge in [0.2, 0.25) is 0 Å². The maximum absolute atomic E-state index is 12.1. The van der Waals surface area contributed by atoms with E-state index in [0.29, 0.717) is 24.0 Å². The fourth-order valence-corrected chi connectivity index (χ4v) is 4.41. The summed E-state index contributed by atoms with van der Waals surface area (Å²) >= 11 is 0. The van der Waals surface area contributed by atoms with Gasteiger partial charge >= 0.3 is 5.97 Å². The number of esters is 1. The Morgan fingerprint density at radius 3 is 2.70 bits per heavy atom. The molecule has 0 saturated heterocycles. The van der Waals surface area contributed by atoms with Crippen molar-refractivity contribution in [3.05, 3.63) is 70.8 Å². The van der Waals surface area contributed by atoms with E-state index in [9.17, 15) is 4.79 Å². The second-order valence-electron chi connectivity index (χ2n) is 8.30. The highest BCUT2D eigenvalue weighted by Crippen LogP contribution is 2.42. The van der Waals surface area contributed by atoms with Crippen molar-refractivity contribution in [1.29, 1.82) is 0 Å². The Kier molecular flexibility index (Phi) is 7.69. The van der Waals surface area contributed by atoms with Gasteiger partial charge in [-0.05, 0) is 87.5 Å². The Morgan fingerprint density at radius 2 is 1.97 bits per heavy atom. The first kappa shape index (κ1) is 22.1. The van der Waals surface area contributed by atoms with E-state index in [1.54, 1.807) is 7.11 Å². The topological polar surface area (TPSA) is 38.8 Å². The predicted octanol–water partition coefficient (Wildman–Crippen LogP) is 5.40. The van der Waals surface area contributed by atoms with Crippen molar-refractivity contribution >= 4 is 12.0 Å². The van der Waals surface area contributed by atoms with E-state index in [-0.39, 0.29) is 5.97 Å². The lowest BCUT2D eigenvalue weighted by Gasteiger charge is -2.35. The molecule has 0 spiro atoms. The molecule has 0 unspecified atom stereocenters. The summed E-state index contributed by atoms with van der Waals surface area (Å²) in [7, 11) is 6.02. The van der Waals surface area contributed by atoms with Gasteiger partial charge in [0.25, 0.3) is 0 Å². The van der Waals surface area contributed by atoms with Gasteiger partial charge in [0, 0.05) is 6.54 Å². The Bertz CT molecular complexity index is 887. The van der Waals surface area contributed by atoms with E-state index in [2.05, 4.69) is 49.3 Å². The zero-order valence-corrected chi connectivity index (χ0v) is 18.6. The molecule has 2 aromatic rings. The summed E-state index contributed by atoms with van der Waals surface area (Å²) in [5.41, 5.74) is 4.44. The molecule has 0 bridgehead atoms. The average Bonchev–Trinajstić information content (AvgIpc) is 2.75. The molecule has 1 saturated carbocycles. The van der Waals surface area contributed by atoms with Crippen LogP contribution in [0.1, 0.15) is 53.6 Å². The van der Waals surface area contributed by atoms with Crippen LogP contribution in [-0.4, -0.2) is 45.2 Å². The number of ether oxygens (including phenoxy) is 2. The third kappa shape index (κ3) is 5.73. The van der Waals surface area contributed by atoms with E-state index < -0.39 is 0 Å². The van der Waals surface area contributed by atoms with Crippen LogP contribution in [-0.2, 0) is 4.74 Å². The predicted molar refractivity (Wildman–Crippen MR) is 122 cm³/mol.